The van der Waals surface area contributed by atoms with Crippen LogP contribution in [0.3, 0.4) is 0 Å². The van der Waals surface area contributed by atoms with E-state index in [1.165, 1.54) is 30.2 Å². The van der Waals surface area contributed by atoms with Crippen molar-refractivity contribution in [2.75, 3.05) is 13.1 Å². The maximum atomic E-state index is 12.7. The lowest BCUT2D eigenvalue weighted by molar-refractivity contribution is -0.918. The first-order chi connectivity index (χ1) is 12.1. The minimum atomic E-state index is -0.127. The number of piperidine rings is 1. The van der Waals surface area contributed by atoms with E-state index >= 15 is 0 Å². The van der Waals surface area contributed by atoms with Crippen molar-refractivity contribution in [1.82, 2.24) is 0 Å². The molecule has 4 nitrogen and oxygen atoms in total. The second kappa shape index (κ2) is 6.65. The lowest BCUT2D eigenvalue weighted by atomic mass is 10.0. The van der Waals surface area contributed by atoms with Crippen LogP contribution >= 0.6 is 11.3 Å². The van der Waals surface area contributed by atoms with Crippen LogP contribution in [0.5, 0.6) is 11.5 Å². The standard InChI is InChI=1S/C20H21NO3S/c1-13-7-10-25-18(13)11-17-19(23)14-5-6-16(22)15(20(14)24-17)12-21-8-3-2-4-9-21/h5-7,10-11,22H,2-4,8-9,12H2,1H3/b17-11-. The number of carbonyl (C=O) groups is 1. The first-order valence-corrected chi connectivity index (χ1v) is 9.66. The summed E-state index contributed by atoms with van der Waals surface area (Å²) in [6, 6.07) is 5.14. The number of benzene rings is 1. The molecule has 2 aliphatic heterocycles. The number of nitrogens with one attached hydrogen (secondary N) is 1. The molecule has 0 bridgehead atoms. The number of aryl methyl sites for hydroxylation is 1. The Bertz CT molecular complexity index is 847. The molecule has 0 atom stereocenters. The Kier molecular flexibility index (Phi) is 4.36. The Morgan fingerprint density at radius 3 is 2.76 bits per heavy atom. The van der Waals surface area contributed by atoms with Gasteiger partial charge in [0.2, 0.25) is 5.78 Å². The van der Waals surface area contributed by atoms with Crippen molar-refractivity contribution in [3.8, 4) is 11.5 Å². The molecule has 130 valence electrons. The van der Waals surface area contributed by atoms with Crippen LogP contribution in [0.1, 0.15) is 45.6 Å². The van der Waals surface area contributed by atoms with Crippen LogP contribution in [0.25, 0.3) is 6.08 Å². The maximum absolute atomic E-state index is 12.7. The summed E-state index contributed by atoms with van der Waals surface area (Å²) in [6.07, 6.45) is 5.45. The molecule has 0 amide bonds. The van der Waals surface area contributed by atoms with E-state index in [4.69, 9.17) is 4.74 Å². The molecule has 2 aromatic rings. The van der Waals surface area contributed by atoms with Gasteiger partial charge in [-0.1, -0.05) is 11.8 Å². The molecule has 1 N–H and O–H groups in total. The average Bonchev–Trinajstić information content (AvgIpc) is 3.16. The summed E-state index contributed by atoms with van der Waals surface area (Å²) < 4.78 is 5.91. The highest BCUT2D eigenvalue weighted by Crippen LogP contribution is 2.38. The number of carbonyl (C=O) groups excluding carboxylic acids is 1. The molecule has 1 fully saturated rings. The van der Waals surface area contributed by atoms with Gasteiger partial charge < -0.3 is 14.7 Å². The molecule has 1 aromatic heterocycles. The van der Waals surface area contributed by atoms with E-state index in [0.29, 0.717) is 29.2 Å². The van der Waals surface area contributed by atoms with Gasteiger partial charge in [-0.3, -0.25) is 4.79 Å². The van der Waals surface area contributed by atoms with E-state index in [0.717, 1.165) is 23.5 Å². The lowest BCUT2D eigenvalue weighted by Crippen LogP contribution is -3.11. The number of rotatable bonds is 3. The summed E-state index contributed by atoms with van der Waals surface area (Å²) in [6.45, 7) is 4.80. The Labute approximate surface area is 151 Å². The van der Waals surface area contributed by atoms with E-state index in [9.17, 15) is 9.90 Å². The minimum absolute atomic E-state index is 0.0295. The Balaban J connectivity index is 1.67. The van der Waals surface area contributed by atoms with Crippen LogP contribution in [0, 0.1) is 6.92 Å². The fourth-order valence-electron chi connectivity index (χ4n) is 3.59. The first kappa shape index (κ1) is 16.4. The van der Waals surface area contributed by atoms with Gasteiger partial charge in [0.05, 0.1) is 18.7 Å². The third-order valence-corrected chi connectivity index (χ3v) is 6.02. The number of hydrogen-bond acceptors (Lipinski definition) is 4. The molecule has 0 saturated carbocycles. The summed E-state index contributed by atoms with van der Waals surface area (Å²) in [5.41, 5.74) is 2.29. The average molecular weight is 355 g/mol. The number of fused-ring (bicyclic) bond motifs is 1. The van der Waals surface area contributed by atoms with Gasteiger partial charge in [0.1, 0.15) is 12.3 Å². The van der Waals surface area contributed by atoms with E-state index < -0.39 is 0 Å². The Morgan fingerprint density at radius 2 is 2.04 bits per heavy atom. The molecule has 5 heteroatoms. The van der Waals surface area contributed by atoms with Crippen LogP contribution in [-0.2, 0) is 6.54 Å². The zero-order valence-electron chi connectivity index (χ0n) is 14.3. The quantitative estimate of drug-likeness (QED) is 0.860. The molecular weight excluding hydrogens is 334 g/mol. The second-order valence-electron chi connectivity index (χ2n) is 6.81. The molecule has 0 spiro atoms. The van der Waals surface area contributed by atoms with Crippen LogP contribution in [0.15, 0.2) is 29.3 Å². The van der Waals surface area contributed by atoms with Gasteiger partial charge in [-0.25, -0.2) is 0 Å². The number of quaternary nitrogens is 1. The summed E-state index contributed by atoms with van der Waals surface area (Å²) in [5.74, 6) is 0.646. The fraction of sp³-hybridized carbons (Fsp3) is 0.350. The van der Waals surface area contributed by atoms with Crippen molar-refractivity contribution >= 4 is 23.2 Å². The predicted molar refractivity (Wildman–Crippen MR) is 96.1 cm³/mol. The summed E-state index contributed by atoms with van der Waals surface area (Å²) in [4.78, 5) is 15.1. The van der Waals surface area contributed by atoms with Gasteiger partial charge in [-0.2, -0.15) is 0 Å². The van der Waals surface area contributed by atoms with E-state index in [2.05, 4.69) is 0 Å². The van der Waals surface area contributed by atoms with Crippen molar-refractivity contribution in [2.24, 2.45) is 0 Å². The third-order valence-electron chi connectivity index (χ3n) is 5.05. The highest BCUT2D eigenvalue weighted by Gasteiger charge is 2.31. The fourth-order valence-corrected chi connectivity index (χ4v) is 4.43. The van der Waals surface area contributed by atoms with Crippen LogP contribution in [0.2, 0.25) is 0 Å². The molecule has 1 saturated heterocycles. The zero-order valence-corrected chi connectivity index (χ0v) is 15.1. The summed E-state index contributed by atoms with van der Waals surface area (Å²) in [7, 11) is 0. The first-order valence-electron chi connectivity index (χ1n) is 8.78. The van der Waals surface area contributed by atoms with Crippen molar-refractivity contribution < 1.29 is 19.5 Å². The van der Waals surface area contributed by atoms with Gasteiger partial charge in [0.15, 0.2) is 5.76 Å². The van der Waals surface area contributed by atoms with Crippen molar-refractivity contribution in [2.45, 2.75) is 32.7 Å². The number of Topliss-reactive ketones (excluding diaryl/α,β-unsaturated/α-hetero) is 1. The smallest absolute Gasteiger partial charge is 0.232 e. The van der Waals surface area contributed by atoms with Gasteiger partial charge in [0, 0.05) is 16.5 Å². The topological polar surface area (TPSA) is 53.8 Å². The number of thiophene rings is 1. The minimum Gasteiger partial charge on any atom is -0.872 e. The van der Waals surface area contributed by atoms with E-state index in [-0.39, 0.29) is 11.5 Å². The van der Waals surface area contributed by atoms with Crippen LogP contribution < -0.4 is 14.7 Å². The van der Waals surface area contributed by atoms with Crippen LogP contribution in [-0.4, -0.2) is 18.9 Å². The number of likely N-dealkylation sites (tertiary alicyclic amines) is 1. The molecular formula is C20H21NO3S. The second-order valence-corrected chi connectivity index (χ2v) is 7.76. The normalized spacial score (nSPS) is 19.2. The van der Waals surface area contributed by atoms with Gasteiger partial charge in [-0.15, -0.1) is 11.3 Å². The van der Waals surface area contributed by atoms with Gasteiger partial charge in [0.25, 0.3) is 0 Å². The van der Waals surface area contributed by atoms with E-state index in [1.54, 1.807) is 23.5 Å². The highest BCUT2D eigenvalue weighted by molar-refractivity contribution is 7.11. The monoisotopic (exact) mass is 355 g/mol. The third kappa shape index (κ3) is 3.10. The molecule has 3 heterocycles. The van der Waals surface area contributed by atoms with Crippen molar-refractivity contribution in [1.29, 1.82) is 0 Å². The number of allylic oxidation sites excluding steroid dienone is 1. The highest BCUT2D eigenvalue weighted by atomic mass is 32.1. The Morgan fingerprint density at radius 1 is 1.24 bits per heavy atom. The zero-order chi connectivity index (χ0) is 17.4. The lowest BCUT2D eigenvalue weighted by Gasteiger charge is -2.26. The number of ketones is 1. The summed E-state index contributed by atoms with van der Waals surface area (Å²) >= 11 is 1.58. The number of ether oxygens (including phenoxy) is 1. The van der Waals surface area contributed by atoms with Crippen molar-refractivity contribution in [3.05, 3.63) is 50.9 Å². The maximum Gasteiger partial charge on any atom is 0.232 e. The molecule has 0 aliphatic carbocycles. The molecule has 0 radical (unpaired) electrons. The van der Waals surface area contributed by atoms with Gasteiger partial charge in [-0.05, 0) is 49.3 Å². The molecule has 2 aliphatic rings. The predicted octanol–water partition coefficient (Wildman–Crippen LogP) is 2.32. The van der Waals surface area contributed by atoms with E-state index in [1.807, 2.05) is 18.4 Å². The largest absolute Gasteiger partial charge is 0.872 e. The SMILES string of the molecule is Cc1ccsc1/C=C1\Oc2c(ccc([O-])c2C[NH+]2CCCCC2)C1=O. The molecule has 0 unspecified atom stereocenters. The number of hydrogen-bond donors (Lipinski definition) is 1. The van der Waals surface area contributed by atoms with Crippen molar-refractivity contribution in [3.63, 3.8) is 0 Å². The summed E-state index contributed by atoms with van der Waals surface area (Å²) in [5, 5.41) is 14.4. The molecule has 4 rings (SSSR count). The molecule has 25 heavy (non-hydrogen) atoms. The molecule has 1 aromatic carbocycles. The van der Waals surface area contributed by atoms with Gasteiger partial charge >= 0.3 is 0 Å². The Hall–Kier alpha value is -2.11. The van der Waals surface area contributed by atoms with Crippen LogP contribution in [0.4, 0.5) is 0 Å².